The van der Waals surface area contributed by atoms with E-state index in [1.54, 1.807) is 11.3 Å². The smallest absolute Gasteiger partial charge is 0.306 e. The Hall–Kier alpha value is -0.940. The van der Waals surface area contributed by atoms with Gasteiger partial charge < -0.3 is 10.4 Å². The van der Waals surface area contributed by atoms with Crippen molar-refractivity contribution >= 4 is 17.3 Å². The van der Waals surface area contributed by atoms with Crippen LogP contribution in [-0.2, 0) is 4.79 Å². The number of nitrogens with one attached hydrogen (secondary N) is 1. The molecule has 2 N–H and O–H groups in total. The number of hydrogen-bond donors (Lipinski definition) is 2. The van der Waals surface area contributed by atoms with Gasteiger partial charge in [0, 0.05) is 17.1 Å². The van der Waals surface area contributed by atoms with Crippen LogP contribution < -0.4 is 5.32 Å². The summed E-state index contributed by atoms with van der Waals surface area (Å²) in [6.07, 6.45) is 4.76. The summed E-state index contributed by atoms with van der Waals surface area (Å²) >= 11 is 1.63. The van der Waals surface area contributed by atoms with Crippen LogP contribution in [0.1, 0.15) is 37.1 Å². The molecule has 94 valence electrons. The zero-order valence-electron chi connectivity index (χ0n) is 9.93. The van der Waals surface area contributed by atoms with E-state index in [-0.39, 0.29) is 17.9 Å². The van der Waals surface area contributed by atoms with E-state index >= 15 is 0 Å². The SMILES string of the molecule is CC(NCC1CCCC1C(=O)O)c1cncs1. The lowest BCUT2D eigenvalue weighted by molar-refractivity contribution is -0.142. The molecule has 3 unspecified atom stereocenters. The van der Waals surface area contributed by atoms with Gasteiger partial charge in [0.05, 0.1) is 11.4 Å². The molecule has 1 heterocycles. The Bertz CT molecular complexity index is 367. The van der Waals surface area contributed by atoms with E-state index in [1.165, 1.54) is 4.88 Å². The van der Waals surface area contributed by atoms with Gasteiger partial charge in [-0.3, -0.25) is 9.78 Å². The second-order valence-corrected chi connectivity index (χ2v) is 5.59. The van der Waals surface area contributed by atoms with Crippen molar-refractivity contribution in [3.8, 4) is 0 Å². The summed E-state index contributed by atoms with van der Waals surface area (Å²) in [6, 6.07) is 0.262. The van der Waals surface area contributed by atoms with Crippen LogP contribution in [0.4, 0.5) is 0 Å². The zero-order valence-corrected chi connectivity index (χ0v) is 10.7. The molecule has 0 amide bonds. The molecule has 1 fully saturated rings. The average molecular weight is 254 g/mol. The zero-order chi connectivity index (χ0) is 12.3. The highest BCUT2D eigenvalue weighted by atomic mass is 32.1. The lowest BCUT2D eigenvalue weighted by atomic mass is 9.96. The van der Waals surface area contributed by atoms with Crippen LogP contribution in [0.15, 0.2) is 11.7 Å². The Morgan fingerprint density at radius 3 is 3.18 bits per heavy atom. The summed E-state index contributed by atoms with van der Waals surface area (Å²) in [7, 11) is 0. The predicted octanol–water partition coefficient (Wildman–Crippen LogP) is 2.29. The van der Waals surface area contributed by atoms with Gasteiger partial charge in [-0.2, -0.15) is 0 Å². The molecule has 1 aromatic heterocycles. The third-order valence-electron chi connectivity index (χ3n) is 3.54. The maximum atomic E-state index is 11.0. The number of hydrogen-bond acceptors (Lipinski definition) is 4. The first-order valence-electron chi connectivity index (χ1n) is 6.03. The molecule has 1 aromatic rings. The standard InChI is InChI=1S/C12H18N2O2S/c1-8(11-6-13-7-17-11)14-5-9-3-2-4-10(9)12(15)16/h6-10,14H,2-5H2,1H3,(H,15,16). The molecule has 17 heavy (non-hydrogen) atoms. The number of carbonyl (C=O) groups is 1. The number of thiazole rings is 1. The van der Waals surface area contributed by atoms with Gasteiger partial charge in [0.25, 0.3) is 0 Å². The van der Waals surface area contributed by atoms with Gasteiger partial charge in [-0.15, -0.1) is 11.3 Å². The van der Waals surface area contributed by atoms with Crippen molar-refractivity contribution in [2.45, 2.75) is 32.2 Å². The van der Waals surface area contributed by atoms with Gasteiger partial charge in [0.1, 0.15) is 0 Å². The maximum Gasteiger partial charge on any atom is 0.306 e. The fraction of sp³-hybridized carbons (Fsp3) is 0.667. The molecular weight excluding hydrogens is 236 g/mol. The lowest BCUT2D eigenvalue weighted by Crippen LogP contribution is -2.30. The molecular formula is C12H18N2O2S. The first-order valence-corrected chi connectivity index (χ1v) is 6.91. The minimum absolute atomic E-state index is 0.156. The molecule has 4 nitrogen and oxygen atoms in total. The minimum atomic E-state index is -0.639. The Kier molecular flexibility index (Phi) is 4.12. The third kappa shape index (κ3) is 3.04. The monoisotopic (exact) mass is 254 g/mol. The number of carboxylic acid groups (broad SMARTS) is 1. The van der Waals surface area contributed by atoms with Crippen molar-refractivity contribution < 1.29 is 9.90 Å². The van der Waals surface area contributed by atoms with Crippen LogP contribution in [0.5, 0.6) is 0 Å². The molecule has 1 aliphatic rings. The molecule has 0 spiro atoms. The van der Waals surface area contributed by atoms with Crippen molar-refractivity contribution in [2.75, 3.05) is 6.54 Å². The van der Waals surface area contributed by atoms with Crippen molar-refractivity contribution in [2.24, 2.45) is 11.8 Å². The van der Waals surface area contributed by atoms with Gasteiger partial charge in [0.2, 0.25) is 0 Å². The van der Waals surface area contributed by atoms with Gasteiger partial charge in [0.15, 0.2) is 0 Å². The first kappa shape index (κ1) is 12.5. The molecule has 0 radical (unpaired) electrons. The van der Waals surface area contributed by atoms with Crippen LogP contribution in [0.3, 0.4) is 0 Å². The van der Waals surface area contributed by atoms with Crippen molar-refractivity contribution in [3.05, 3.63) is 16.6 Å². The van der Waals surface area contributed by atoms with Crippen molar-refractivity contribution in [1.29, 1.82) is 0 Å². The summed E-state index contributed by atoms with van der Waals surface area (Å²) in [5.41, 5.74) is 1.82. The summed E-state index contributed by atoms with van der Waals surface area (Å²) < 4.78 is 0. The fourth-order valence-electron chi connectivity index (χ4n) is 2.47. The predicted molar refractivity (Wildman–Crippen MR) is 67.0 cm³/mol. The summed E-state index contributed by atoms with van der Waals surface area (Å²) in [6.45, 7) is 2.88. The van der Waals surface area contributed by atoms with Gasteiger partial charge in [-0.25, -0.2) is 0 Å². The lowest BCUT2D eigenvalue weighted by Gasteiger charge is -2.19. The van der Waals surface area contributed by atoms with E-state index in [2.05, 4.69) is 17.2 Å². The van der Waals surface area contributed by atoms with E-state index in [4.69, 9.17) is 5.11 Å². The molecule has 2 rings (SSSR count). The van der Waals surface area contributed by atoms with E-state index in [9.17, 15) is 4.79 Å². The number of carboxylic acids is 1. The van der Waals surface area contributed by atoms with Gasteiger partial charge in [-0.05, 0) is 32.2 Å². The molecule has 1 saturated carbocycles. The second kappa shape index (κ2) is 5.60. The van der Waals surface area contributed by atoms with Crippen LogP contribution in [-0.4, -0.2) is 22.6 Å². The number of aromatic nitrogens is 1. The Labute approximate surface area is 105 Å². The highest BCUT2D eigenvalue weighted by Gasteiger charge is 2.32. The summed E-state index contributed by atoms with van der Waals surface area (Å²) in [4.78, 5) is 16.3. The minimum Gasteiger partial charge on any atom is -0.481 e. The molecule has 0 bridgehead atoms. The molecule has 0 aliphatic heterocycles. The van der Waals surface area contributed by atoms with E-state index in [0.717, 1.165) is 25.8 Å². The van der Waals surface area contributed by atoms with Crippen LogP contribution in [0.25, 0.3) is 0 Å². The number of rotatable bonds is 5. The molecule has 0 saturated heterocycles. The van der Waals surface area contributed by atoms with Gasteiger partial charge in [-0.1, -0.05) is 6.42 Å². The van der Waals surface area contributed by atoms with E-state index in [0.29, 0.717) is 0 Å². The van der Waals surface area contributed by atoms with Crippen LogP contribution in [0.2, 0.25) is 0 Å². The van der Waals surface area contributed by atoms with Crippen molar-refractivity contribution in [1.82, 2.24) is 10.3 Å². The summed E-state index contributed by atoms with van der Waals surface area (Å²) in [5, 5.41) is 12.5. The van der Waals surface area contributed by atoms with Crippen LogP contribution >= 0.6 is 11.3 Å². The Morgan fingerprint density at radius 1 is 1.71 bits per heavy atom. The molecule has 5 heteroatoms. The molecule has 3 atom stereocenters. The highest BCUT2D eigenvalue weighted by molar-refractivity contribution is 7.09. The highest BCUT2D eigenvalue weighted by Crippen LogP contribution is 2.32. The largest absolute Gasteiger partial charge is 0.481 e. The normalized spacial score (nSPS) is 25.9. The van der Waals surface area contributed by atoms with Gasteiger partial charge >= 0.3 is 5.97 Å². The van der Waals surface area contributed by atoms with E-state index < -0.39 is 5.97 Å². The topological polar surface area (TPSA) is 62.2 Å². The second-order valence-electron chi connectivity index (χ2n) is 4.67. The summed E-state index contributed by atoms with van der Waals surface area (Å²) in [5.74, 6) is -0.515. The third-order valence-corrected chi connectivity index (χ3v) is 4.50. The molecule has 0 aromatic carbocycles. The Balaban J connectivity index is 1.83. The van der Waals surface area contributed by atoms with Crippen LogP contribution in [0, 0.1) is 11.8 Å². The van der Waals surface area contributed by atoms with Crippen molar-refractivity contribution in [3.63, 3.8) is 0 Å². The average Bonchev–Trinajstić information content (AvgIpc) is 2.96. The fourth-order valence-corrected chi connectivity index (χ4v) is 3.13. The quantitative estimate of drug-likeness (QED) is 0.846. The molecule has 1 aliphatic carbocycles. The first-order chi connectivity index (χ1) is 8.18. The Morgan fingerprint density at radius 2 is 2.53 bits per heavy atom. The maximum absolute atomic E-state index is 11.0. The number of aliphatic carboxylic acids is 1. The number of nitrogens with zero attached hydrogens (tertiary/aromatic N) is 1. The van der Waals surface area contributed by atoms with E-state index in [1.807, 2.05) is 11.7 Å².